The molecule has 1 fully saturated rings. The Morgan fingerprint density at radius 1 is 1.23 bits per heavy atom. The zero-order valence-corrected chi connectivity index (χ0v) is 13.6. The number of hydrogen-bond acceptors (Lipinski definition) is 4. The van der Waals surface area contributed by atoms with Crippen molar-refractivity contribution in [2.45, 2.75) is 30.5 Å². The molecule has 3 heterocycles. The lowest BCUT2D eigenvalue weighted by molar-refractivity contribution is 0.474. The van der Waals surface area contributed by atoms with Gasteiger partial charge >= 0.3 is 0 Å². The summed E-state index contributed by atoms with van der Waals surface area (Å²) in [7, 11) is 0. The predicted octanol–water partition coefficient (Wildman–Crippen LogP) is 3.62. The molecule has 0 spiro atoms. The maximum atomic E-state index is 4.78. The summed E-state index contributed by atoms with van der Waals surface area (Å²) in [6, 6.07) is 7.02. The van der Waals surface area contributed by atoms with Crippen LogP contribution < -0.4 is 5.32 Å². The molecule has 1 N–H and O–H groups in total. The molecule has 0 saturated carbocycles. The molecule has 114 valence electrons. The predicted molar refractivity (Wildman–Crippen MR) is 92.6 cm³/mol. The molecule has 2 aromatic heterocycles. The fourth-order valence-electron chi connectivity index (χ4n) is 3.36. The van der Waals surface area contributed by atoms with E-state index in [-0.39, 0.29) is 0 Å². The fraction of sp³-hybridized carbons (Fsp3) is 0.412. The van der Waals surface area contributed by atoms with Crippen LogP contribution in [0.5, 0.6) is 0 Å². The van der Waals surface area contributed by atoms with E-state index in [0.717, 1.165) is 29.1 Å². The second-order valence-electron chi connectivity index (χ2n) is 5.87. The molecule has 0 amide bonds. The maximum absolute atomic E-state index is 4.78. The molecule has 1 aliphatic heterocycles. The summed E-state index contributed by atoms with van der Waals surface area (Å²) in [5.74, 6) is 0. The summed E-state index contributed by atoms with van der Waals surface area (Å²) in [6.07, 6.45) is 9.98. The van der Waals surface area contributed by atoms with Crippen molar-refractivity contribution in [3.8, 4) is 0 Å². The van der Waals surface area contributed by atoms with Gasteiger partial charge in [-0.2, -0.15) is 0 Å². The molecule has 4 rings (SSSR count). The van der Waals surface area contributed by atoms with Gasteiger partial charge in [-0.15, -0.1) is 0 Å². The van der Waals surface area contributed by atoms with Crippen LogP contribution in [0.1, 0.15) is 25.3 Å². The van der Waals surface area contributed by atoms with E-state index in [2.05, 4.69) is 39.3 Å². The van der Waals surface area contributed by atoms with Gasteiger partial charge in [0.2, 0.25) is 0 Å². The Labute approximate surface area is 134 Å². The number of aromatic nitrogens is 3. The average Bonchev–Trinajstić information content (AvgIpc) is 2.81. The first-order valence-electron chi connectivity index (χ1n) is 7.88. The molecule has 1 saturated heterocycles. The molecule has 3 aromatic rings. The molecular weight excluding hydrogens is 292 g/mol. The largest absolute Gasteiger partial charge is 0.341 e. The second kappa shape index (κ2) is 5.89. The van der Waals surface area contributed by atoms with Crippen molar-refractivity contribution < 1.29 is 0 Å². The van der Waals surface area contributed by atoms with Crippen molar-refractivity contribution in [2.75, 3.05) is 19.3 Å². The van der Waals surface area contributed by atoms with E-state index in [9.17, 15) is 0 Å². The van der Waals surface area contributed by atoms with E-state index in [4.69, 9.17) is 4.98 Å². The fourth-order valence-corrected chi connectivity index (χ4v) is 3.70. The van der Waals surface area contributed by atoms with Crippen molar-refractivity contribution in [3.63, 3.8) is 0 Å². The van der Waals surface area contributed by atoms with Gasteiger partial charge in [0.25, 0.3) is 0 Å². The first kappa shape index (κ1) is 14.0. The van der Waals surface area contributed by atoms with Gasteiger partial charge in [0.1, 0.15) is 0 Å². The van der Waals surface area contributed by atoms with E-state index in [1.165, 1.54) is 30.2 Å². The molecule has 0 radical (unpaired) electrons. The van der Waals surface area contributed by atoms with Crippen LogP contribution in [0.3, 0.4) is 0 Å². The minimum Gasteiger partial charge on any atom is -0.341 e. The number of nitrogens with zero attached hydrogens (tertiary/aromatic N) is 3. The van der Waals surface area contributed by atoms with Gasteiger partial charge in [0.15, 0.2) is 5.16 Å². The summed E-state index contributed by atoms with van der Waals surface area (Å²) in [6.45, 7) is 2.18. The normalized spacial score (nSPS) is 19.6. The van der Waals surface area contributed by atoms with Gasteiger partial charge in [-0.25, -0.2) is 9.97 Å². The zero-order valence-electron chi connectivity index (χ0n) is 12.7. The monoisotopic (exact) mass is 312 g/mol. The third-order valence-electron chi connectivity index (χ3n) is 4.50. The Kier molecular flexibility index (Phi) is 3.76. The van der Waals surface area contributed by atoms with Crippen molar-refractivity contribution in [3.05, 3.63) is 30.6 Å². The van der Waals surface area contributed by atoms with Crippen LogP contribution in [0.25, 0.3) is 21.8 Å². The molecule has 22 heavy (non-hydrogen) atoms. The van der Waals surface area contributed by atoms with E-state index >= 15 is 0 Å². The Balaban J connectivity index is 1.92. The van der Waals surface area contributed by atoms with Crippen LogP contribution in [0.2, 0.25) is 0 Å². The molecule has 5 heteroatoms. The van der Waals surface area contributed by atoms with Gasteiger partial charge in [0, 0.05) is 35.8 Å². The van der Waals surface area contributed by atoms with Crippen molar-refractivity contribution >= 4 is 33.6 Å². The summed E-state index contributed by atoms with van der Waals surface area (Å²) in [4.78, 5) is 9.19. The van der Waals surface area contributed by atoms with Crippen LogP contribution in [0, 0.1) is 0 Å². The van der Waals surface area contributed by atoms with E-state index in [1.807, 2.05) is 12.5 Å². The molecule has 4 nitrogen and oxygen atoms in total. The number of thioether (sulfide) groups is 1. The summed E-state index contributed by atoms with van der Waals surface area (Å²) in [5.41, 5.74) is 2.33. The van der Waals surface area contributed by atoms with Crippen LogP contribution >= 0.6 is 11.8 Å². The number of fused-ring (bicyclic) bond motifs is 3. The minimum absolute atomic E-state index is 0.512. The third-order valence-corrected chi connectivity index (χ3v) is 5.07. The topological polar surface area (TPSA) is 42.7 Å². The zero-order chi connectivity index (χ0) is 14.9. The van der Waals surface area contributed by atoms with Crippen molar-refractivity contribution in [1.82, 2.24) is 19.9 Å². The highest BCUT2D eigenvalue weighted by atomic mass is 32.2. The van der Waals surface area contributed by atoms with Crippen LogP contribution in [0.4, 0.5) is 0 Å². The minimum atomic E-state index is 0.512. The number of rotatable bonds is 2. The summed E-state index contributed by atoms with van der Waals surface area (Å²) in [5, 5.41) is 6.79. The second-order valence-corrected chi connectivity index (χ2v) is 6.65. The first-order chi connectivity index (χ1) is 10.9. The Morgan fingerprint density at radius 2 is 2.14 bits per heavy atom. The van der Waals surface area contributed by atoms with Gasteiger partial charge in [-0.3, -0.25) is 0 Å². The molecule has 0 aliphatic carbocycles. The van der Waals surface area contributed by atoms with Gasteiger partial charge in [-0.05, 0) is 31.7 Å². The van der Waals surface area contributed by atoms with Crippen LogP contribution in [-0.2, 0) is 0 Å². The molecule has 0 bridgehead atoms. The van der Waals surface area contributed by atoms with E-state index in [0.29, 0.717) is 6.04 Å². The maximum Gasteiger partial charge on any atom is 0.187 e. The highest BCUT2D eigenvalue weighted by Gasteiger charge is 2.17. The highest BCUT2D eigenvalue weighted by molar-refractivity contribution is 7.98. The summed E-state index contributed by atoms with van der Waals surface area (Å²) < 4.78 is 2.42. The smallest absolute Gasteiger partial charge is 0.187 e. The Hall–Kier alpha value is -1.59. The van der Waals surface area contributed by atoms with Crippen molar-refractivity contribution in [1.29, 1.82) is 0 Å². The molecule has 1 atom stereocenters. The Morgan fingerprint density at radius 3 is 3.05 bits per heavy atom. The van der Waals surface area contributed by atoms with Crippen LogP contribution in [0.15, 0.2) is 35.7 Å². The molecule has 1 aromatic carbocycles. The van der Waals surface area contributed by atoms with E-state index in [1.54, 1.807) is 11.8 Å². The number of benzene rings is 1. The molecular formula is C17H20N4S. The third kappa shape index (κ3) is 2.38. The Bertz CT molecular complexity index is 803. The lowest BCUT2D eigenvalue weighted by Gasteiger charge is -2.18. The van der Waals surface area contributed by atoms with Gasteiger partial charge in [0.05, 0.1) is 11.0 Å². The average molecular weight is 312 g/mol. The molecule has 1 unspecified atom stereocenters. The van der Waals surface area contributed by atoms with Gasteiger partial charge < -0.3 is 9.88 Å². The quantitative estimate of drug-likeness (QED) is 0.580. The first-order valence-corrected chi connectivity index (χ1v) is 9.10. The van der Waals surface area contributed by atoms with Crippen LogP contribution in [-0.4, -0.2) is 33.9 Å². The van der Waals surface area contributed by atoms with E-state index < -0.39 is 0 Å². The lowest BCUT2D eigenvalue weighted by Crippen LogP contribution is -2.22. The summed E-state index contributed by atoms with van der Waals surface area (Å²) >= 11 is 1.60. The highest BCUT2D eigenvalue weighted by Crippen LogP contribution is 2.30. The number of nitrogens with one attached hydrogen (secondary N) is 1. The number of hydrogen-bond donors (Lipinski definition) is 1. The standard InChI is InChI=1S/C17H20N4S/c1-22-17-19-10-13-6-5-12-7-9-21(16(12)15(13)20-17)14-4-2-3-8-18-11-14/h5-7,9-10,14,18H,2-4,8,11H2,1H3. The van der Waals surface area contributed by atoms with Crippen molar-refractivity contribution in [2.24, 2.45) is 0 Å². The lowest BCUT2D eigenvalue weighted by atomic mass is 10.1. The SMILES string of the molecule is CSc1ncc2ccc3ccn(C4CCCCNC4)c3c2n1. The van der Waals surface area contributed by atoms with Gasteiger partial charge in [-0.1, -0.05) is 30.3 Å². The molecule has 1 aliphatic rings.